The summed E-state index contributed by atoms with van der Waals surface area (Å²) < 4.78 is 22.6. The molecule has 2 aromatic heterocycles. The molecule has 38 heavy (non-hydrogen) atoms. The van der Waals surface area contributed by atoms with Crippen LogP contribution in [0.3, 0.4) is 0 Å². The number of carbonyl (C=O) groups is 1. The fraction of sp³-hybridized carbons (Fsp3) is 0.429. The monoisotopic (exact) mass is 517 g/mol. The molecule has 8 rings (SSSR count). The number of nitrogens with zero attached hydrogens (tertiary/aromatic N) is 5. The molecule has 4 fully saturated rings. The normalized spacial score (nSPS) is 23.0. The largest absolute Gasteiger partial charge is 0.494 e. The Labute approximate surface area is 220 Å². The van der Waals surface area contributed by atoms with E-state index in [0.29, 0.717) is 18.6 Å². The number of amides is 1. The lowest BCUT2D eigenvalue weighted by molar-refractivity contribution is 0.0262. The summed E-state index contributed by atoms with van der Waals surface area (Å²) in [6.07, 6.45) is 9.18. The van der Waals surface area contributed by atoms with Gasteiger partial charge in [0.25, 0.3) is 5.91 Å². The minimum absolute atomic E-state index is 0.0675. The molecular weight excluding hydrogens is 485 g/mol. The Morgan fingerprint density at radius 2 is 1.97 bits per heavy atom. The Kier molecular flexibility index (Phi) is 5.38. The fourth-order valence-electron chi connectivity index (χ4n) is 5.94. The lowest BCUT2D eigenvalue weighted by Gasteiger charge is -2.55. The Morgan fingerprint density at radius 1 is 1.18 bits per heavy atom. The number of benzene rings is 1. The molecule has 6 heterocycles. The van der Waals surface area contributed by atoms with Crippen molar-refractivity contribution in [2.45, 2.75) is 44.3 Å². The van der Waals surface area contributed by atoms with Gasteiger partial charge in [-0.2, -0.15) is 0 Å². The van der Waals surface area contributed by atoms with Crippen LogP contribution in [0.5, 0.6) is 5.75 Å². The number of hydrazine groups is 1. The molecule has 1 aromatic carbocycles. The van der Waals surface area contributed by atoms with Crippen LogP contribution in [0.2, 0.25) is 0 Å². The molecule has 2 N–H and O–H groups in total. The summed E-state index contributed by atoms with van der Waals surface area (Å²) in [6, 6.07) is 6.39. The maximum atomic E-state index is 14.7. The van der Waals surface area contributed by atoms with Gasteiger partial charge in [0, 0.05) is 61.8 Å². The summed E-state index contributed by atoms with van der Waals surface area (Å²) in [4.78, 5) is 22.2. The minimum atomic E-state index is -0.502. The first-order valence-electron chi connectivity index (χ1n) is 13.3. The van der Waals surface area contributed by atoms with Crippen LogP contribution in [-0.4, -0.2) is 72.1 Å². The van der Waals surface area contributed by atoms with Crippen molar-refractivity contribution in [3.8, 4) is 5.75 Å². The van der Waals surface area contributed by atoms with E-state index in [1.807, 2.05) is 30.4 Å². The number of rotatable bonds is 6. The maximum Gasteiger partial charge on any atom is 0.254 e. The number of halogens is 1. The van der Waals surface area contributed by atoms with Gasteiger partial charge in [0.2, 0.25) is 0 Å². The third-order valence-corrected chi connectivity index (χ3v) is 8.46. The van der Waals surface area contributed by atoms with E-state index in [-0.39, 0.29) is 17.5 Å². The number of hydrogen-bond acceptors (Lipinski definition) is 7. The van der Waals surface area contributed by atoms with Crippen molar-refractivity contribution in [3.63, 3.8) is 0 Å². The second-order valence-corrected chi connectivity index (χ2v) is 10.9. The Morgan fingerprint density at radius 3 is 2.68 bits per heavy atom. The van der Waals surface area contributed by atoms with Crippen molar-refractivity contribution in [1.29, 1.82) is 0 Å². The predicted molar refractivity (Wildman–Crippen MR) is 144 cm³/mol. The molecule has 2 unspecified atom stereocenters. The number of pyridine rings is 1. The lowest BCUT2D eigenvalue weighted by atomic mass is 9.88. The van der Waals surface area contributed by atoms with Crippen molar-refractivity contribution >= 4 is 28.5 Å². The van der Waals surface area contributed by atoms with E-state index < -0.39 is 5.82 Å². The number of nitrogens with one attached hydrogen (secondary N) is 2. The molecule has 2 bridgehead atoms. The highest BCUT2D eigenvalue weighted by atomic mass is 19.1. The molecule has 1 saturated carbocycles. The molecule has 9 nitrogen and oxygen atoms in total. The Hall–Kier alpha value is -3.63. The van der Waals surface area contributed by atoms with Crippen molar-refractivity contribution in [3.05, 3.63) is 59.4 Å². The summed E-state index contributed by atoms with van der Waals surface area (Å²) in [7, 11) is 3.92. The molecular formula is C28H32FN7O2. The summed E-state index contributed by atoms with van der Waals surface area (Å²) in [5, 5.41) is 4.76. The van der Waals surface area contributed by atoms with Crippen LogP contribution in [0.25, 0.3) is 11.2 Å². The predicted octanol–water partition coefficient (Wildman–Crippen LogP) is 2.94. The first kappa shape index (κ1) is 23.5. The Balaban J connectivity index is 1.21. The second kappa shape index (κ2) is 8.71. The highest BCUT2D eigenvalue weighted by molar-refractivity contribution is 5.96. The van der Waals surface area contributed by atoms with Crippen LogP contribution in [0, 0.1) is 12.7 Å². The summed E-state index contributed by atoms with van der Waals surface area (Å²) >= 11 is 0. The van der Waals surface area contributed by atoms with Gasteiger partial charge >= 0.3 is 0 Å². The maximum absolute atomic E-state index is 14.7. The smallest absolute Gasteiger partial charge is 0.254 e. The molecule has 2 atom stereocenters. The zero-order valence-electron chi connectivity index (χ0n) is 21.9. The highest BCUT2D eigenvalue weighted by Crippen LogP contribution is 2.38. The third kappa shape index (κ3) is 3.82. The average molecular weight is 518 g/mol. The van der Waals surface area contributed by atoms with Gasteiger partial charge in [0.1, 0.15) is 17.2 Å². The van der Waals surface area contributed by atoms with Crippen molar-refractivity contribution < 1.29 is 13.9 Å². The molecule has 1 amide bonds. The van der Waals surface area contributed by atoms with Gasteiger partial charge in [-0.25, -0.2) is 14.8 Å². The zero-order valence-corrected chi connectivity index (χ0v) is 21.9. The number of aromatic nitrogens is 2. The van der Waals surface area contributed by atoms with Crippen LogP contribution < -0.4 is 25.4 Å². The Bertz CT molecular complexity index is 1470. The van der Waals surface area contributed by atoms with E-state index in [2.05, 4.69) is 43.2 Å². The fourth-order valence-corrected chi connectivity index (χ4v) is 5.94. The summed E-state index contributed by atoms with van der Waals surface area (Å²) in [6.45, 7) is 4.39. The molecule has 1 aliphatic carbocycles. The standard InChI is InChI=1S/C28H32FN7O2/c1-16-6-22(29)21(28(37)32-18-4-5-18)8-23(16)36-12-17(10-31-36)24-11-30-27-9-26(38-3)25(15-35(24)27)34-13-19-7-20(14-34)33(19)2/h6,8-9,11-12,15,18-20,31H,4-5,7,10,13-14H2,1-3H3,(H,32,37). The van der Waals surface area contributed by atoms with Gasteiger partial charge < -0.3 is 15.0 Å². The van der Waals surface area contributed by atoms with Gasteiger partial charge in [-0.1, -0.05) is 0 Å². The van der Waals surface area contributed by atoms with E-state index in [1.54, 1.807) is 13.2 Å². The van der Waals surface area contributed by atoms with Gasteiger partial charge in [-0.05, 0) is 50.9 Å². The van der Waals surface area contributed by atoms with Gasteiger partial charge in [-0.3, -0.25) is 19.1 Å². The summed E-state index contributed by atoms with van der Waals surface area (Å²) in [5.74, 6) is -0.0326. The lowest BCUT2D eigenvalue weighted by Crippen LogP contribution is -2.67. The van der Waals surface area contributed by atoms with Crippen LogP contribution in [-0.2, 0) is 0 Å². The van der Waals surface area contributed by atoms with Crippen LogP contribution in [0.15, 0.2) is 36.8 Å². The van der Waals surface area contributed by atoms with Crippen LogP contribution >= 0.6 is 0 Å². The van der Waals surface area contributed by atoms with E-state index >= 15 is 0 Å². The third-order valence-electron chi connectivity index (χ3n) is 8.46. The number of aryl methyl sites for hydroxylation is 1. The van der Waals surface area contributed by atoms with Gasteiger partial charge in [0.05, 0.1) is 35.9 Å². The molecule has 5 aliphatic rings. The highest BCUT2D eigenvalue weighted by Gasteiger charge is 2.42. The van der Waals surface area contributed by atoms with Crippen LogP contribution in [0.1, 0.15) is 40.9 Å². The van der Waals surface area contributed by atoms with Gasteiger partial charge in [0.15, 0.2) is 0 Å². The van der Waals surface area contributed by atoms with E-state index in [9.17, 15) is 9.18 Å². The molecule has 3 saturated heterocycles. The second-order valence-electron chi connectivity index (χ2n) is 10.9. The van der Waals surface area contributed by atoms with Gasteiger partial charge in [-0.15, -0.1) is 0 Å². The van der Waals surface area contributed by atoms with E-state index in [1.165, 1.54) is 12.5 Å². The number of likely N-dealkylation sites (N-methyl/N-ethyl adjacent to an activating group) is 1. The number of anilines is 2. The molecule has 0 spiro atoms. The number of carbonyl (C=O) groups excluding carboxylic acids is 1. The number of hydrogen-bond donors (Lipinski definition) is 2. The molecule has 0 radical (unpaired) electrons. The molecule has 10 heteroatoms. The number of fused-ring (bicyclic) bond motifs is 3. The van der Waals surface area contributed by atoms with Crippen molar-refractivity contribution in [1.82, 2.24) is 25.0 Å². The van der Waals surface area contributed by atoms with Crippen molar-refractivity contribution in [2.24, 2.45) is 0 Å². The number of ether oxygens (including phenoxy) is 1. The van der Waals surface area contributed by atoms with Crippen LogP contribution in [0.4, 0.5) is 15.8 Å². The number of piperidine rings is 1. The number of piperazine rings is 1. The minimum Gasteiger partial charge on any atom is -0.494 e. The average Bonchev–Trinajstić information content (AvgIpc) is 3.43. The topological polar surface area (TPSA) is 77.4 Å². The molecule has 198 valence electrons. The van der Waals surface area contributed by atoms with E-state index in [4.69, 9.17) is 4.74 Å². The molecule has 4 aliphatic heterocycles. The first-order chi connectivity index (χ1) is 18.4. The number of imidazole rings is 1. The quantitative estimate of drug-likeness (QED) is 0.521. The summed E-state index contributed by atoms with van der Waals surface area (Å²) in [5.41, 5.74) is 8.85. The zero-order chi connectivity index (χ0) is 26.1. The van der Waals surface area contributed by atoms with Crippen molar-refractivity contribution in [2.75, 3.05) is 43.7 Å². The SMILES string of the molecule is COc1cc2ncc(C3=CN(c4cc(C(=O)NC5CC5)c(F)cc4C)NC3)n2cc1N1CC2CC(C1)N2C. The number of methoxy groups -OCH3 is 1. The molecule has 3 aromatic rings. The van der Waals surface area contributed by atoms with E-state index in [0.717, 1.165) is 65.5 Å². The first-order valence-corrected chi connectivity index (χ1v) is 13.3.